The van der Waals surface area contributed by atoms with E-state index in [0.717, 1.165) is 11.4 Å². The molecule has 0 aliphatic carbocycles. The van der Waals surface area contributed by atoms with Gasteiger partial charge in [-0.25, -0.2) is 0 Å². The molecule has 0 spiro atoms. The van der Waals surface area contributed by atoms with Gasteiger partial charge in [0.1, 0.15) is 0 Å². The molecular formula is C49H35N. The Kier molecular flexibility index (Phi) is 7.44. The van der Waals surface area contributed by atoms with Crippen LogP contribution < -0.4 is 5.32 Å². The van der Waals surface area contributed by atoms with Crippen LogP contribution in [0, 0.1) is 6.92 Å². The van der Waals surface area contributed by atoms with Crippen molar-refractivity contribution < 1.29 is 0 Å². The van der Waals surface area contributed by atoms with Crippen LogP contribution in [-0.2, 0) is 0 Å². The highest BCUT2D eigenvalue weighted by Crippen LogP contribution is 2.45. The number of benzene rings is 8. The largest absolute Gasteiger partial charge is 0.355 e. The van der Waals surface area contributed by atoms with Crippen molar-refractivity contribution in [1.82, 2.24) is 0 Å². The van der Waals surface area contributed by atoms with E-state index >= 15 is 0 Å². The number of rotatable bonds is 5. The van der Waals surface area contributed by atoms with E-state index in [2.05, 4.69) is 200 Å². The van der Waals surface area contributed by atoms with Crippen LogP contribution in [0.4, 0.5) is 11.4 Å². The molecule has 8 aromatic rings. The molecule has 1 heterocycles. The maximum atomic E-state index is 3.72. The molecule has 2 bridgehead atoms. The van der Waals surface area contributed by atoms with E-state index in [4.69, 9.17) is 0 Å². The number of anilines is 2. The van der Waals surface area contributed by atoms with Gasteiger partial charge in [-0.3, -0.25) is 0 Å². The van der Waals surface area contributed by atoms with Gasteiger partial charge in [-0.05, 0) is 134 Å². The molecule has 50 heavy (non-hydrogen) atoms. The zero-order valence-electron chi connectivity index (χ0n) is 27.9. The lowest BCUT2D eigenvalue weighted by Gasteiger charge is -2.24. The van der Waals surface area contributed by atoms with Crippen LogP contribution in [0.3, 0.4) is 0 Å². The van der Waals surface area contributed by atoms with Gasteiger partial charge in [-0.2, -0.15) is 0 Å². The van der Waals surface area contributed by atoms with E-state index in [1.807, 2.05) is 0 Å². The average molecular weight is 638 g/mol. The fraction of sp³-hybridized carbons (Fsp3) is 0.0204. The minimum atomic E-state index is 1.13. The zero-order chi connectivity index (χ0) is 33.4. The number of para-hydroxylation sites is 2. The summed E-state index contributed by atoms with van der Waals surface area (Å²) in [6, 6.07) is 68.3. The van der Waals surface area contributed by atoms with E-state index in [9.17, 15) is 0 Å². The van der Waals surface area contributed by atoms with Gasteiger partial charge in [-0.1, -0.05) is 133 Å². The van der Waals surface area contributed by atoms with Gasteiger partial charge in [0, 0.05) is 22.5 Å². The fourth-order valence-corrected chi connectivity index (χ4v) is 7.38. The Bertz CT molecular complexity index is 2380. The summed E-state index contributed by atoms with van der Waals surface area (Å²) in [4.78, 5) is 0. The van der Waals surface area contributed by atoms with Crippen LogP contribution in [0.5, 0.6) is 0 Å². The molecule has 0 radical (unpaired) electrons. The molecule has 9 rings (SSSR count). The summed E-state index contributed by atoms with van der Waals surface area (Å²) in [5.74, 6) is 0. The molecule has 1 nitrogen and oxygen atoms in total. The molecule has 0 saturated carbocycles. The predicted molar refractivity (Wildman–Crippen MR) is 213 cm³/mol. The SMILES string of the molecule is Cc1c2cc(-c3cccc(-c4cccc(-c5cc(-c6ccccc6)cc(-c6ccccc6)c5)c4)c3)cc1-c1ccccc1Nc1ccccc1-2. The second kappa shape index (κ2) is 12.5. The normalized spacial score (nSPS) is 11.5. The quantitative estimate of drug-likeness (QED) is 0.198. The smallest absolute Gasteiger partial charge is 0.0464 e. The van der Waals surface area contributed by atoms with E-state index < -0.39 is 0 Å². The number of fused-ring (bicyclic) bond motifs is 6. The number of hydrogen-bond acceptors (Lipinski definition) is 1. The summed E-state index contributed by atoms with van der Waals surface area (Å²) in [5, 5.41) is 3.72. The van der Waals surface area contributed by atoms with Crippen molar-refractivity contribution in [3.63, 3.8) is 0 Å². The lowest BCUT2D eigenvalue weighted by molar-refractivity contribution is 1.41. The molecule has 1 N–H and O–H groups in total. The van der Waals surface area contributed by atoms with Gasteiger partial charge >= 0.3 is 0 Å². The molecule has 0 amide bonds. The Morgan fingerprint density at radius 2 is 0.580 bits per heavy atom. The van der Waals surface area contributed by atoms with Gasteiger partial charge in [-0.15, -0.1) is 0 Å². The Balaban J connectivity index is 1.15. The van der Waals surface area contributed by atoms with E-state index in [1.165, 1.54) is 83.5 Å². The van der Waals surface area contributed by atoms with Crippen LogP contribution >= 0.6 is 0 Å². The van der Waals surface area contributed by atoms with Crippen LogP contribution in [0.1, 0.15) is 5.56 Å². The van der Waals surface area contributed by atoms with Gasteiger partial charge in [0.05, 0.1) is 0 Å². The zero-order valence-corrected chi connectivity index (χ0v) is 27.9. The summed E-state index contributed by atoms with van der Waals surface area (Å²) in [5.41, 5.74) is 20.6. The van der Waals surface area contributed by atoms with E-state index in [0.29, 0.717) is 0 Å². The second-order valence-corrected chi connectivity index (χ2v) is 13.1. The van der Waals surface area contributed by atoms with Gasteiger partial charge < -0.3 is 5.32 Å². The van der Waals surface area contributed by atoms with Gasteiger partial charge in [0.25, 0.3) is 0 Å². The third-order valence-electron chi connectivity index (χ3n) is 9.98. The summed E-state index contributed by atoms with van der Waals surface area (Å²) >= 11 is 0. The first kappa shape index (κ1) is 29.7. The molecule has 0 saturated heterocycles. The predicted octanol–water partition coefficient (Wildman–Crippen LogP) is 13.7. The maximum absolute atomic E-state index is 3.72. The molecular weight excluding hydrogens is 603 g/mol. The molecule has 0 aromatic heterocycles. The van der Waals surface area contributed by atoms with Crippen molar-refractivity contribution >= 4 is 11.4 Å². The highest BCUT2D eigenvalue weighted by Gasteiger charge is 2.20. The Hall–Kier alpha value is -6.44. The van der Waals surface area contributed by atoms with Crippen molar-refractivity contribution in [3.05, 3.63) is 194 Å². The maximum Gasteiger partial charge on any atom is 0.0464 e. The molecule has 0 fully saturated rings. The lowest BCUT2D eigenvalue weighted by Crippen LogP contribution is -2.02. The van der Waals surface area contributed by atoms with E-state index in [-0.39, 0.29) is 0 Å². The third kappa shape index (κ3) is 5.49. The first-order valence-electron chi connectivity index (χ1n) is 17.3. The topological polar surface area (TPSA) is 12.0 Å². The molecule has 1 aliphatic rings. The Morgan fingerprint density at radius 1 is 0.260 bits per heavy atom. The second-order valence-electron chi connectivity index (χ2n) is 13.1. The summed E-state index contributed by atoms with van der Waals surface area (Å²) in [6.07, 6.45) is 0. The van der Waals surface area contributed by atoms with Crippen molar-refractivity contribution in [2.45, 2.75) is 6.92 Å². The van der Waals surface area contributed by atoms with Gasteiger partial charge in [0.15, 0.2) is 0 Å². The standard InChI is InChI=1S/C49H35N/c1-33-46-31-43(32-47(33)45-23-9-11-25-49(45)50-48-24-10-8-22-44(46)48)39-21-13-19-37(27-39)36-18-12-20-38(26-36)42-29-40(34-14-4-2-5-15-34)28-41(30-42)35-16-6-3-7-17-35/h2-32,50H,1H3. The summed E-state index contributed by atoms with van der Waals surface area (Å²) < 4.78 is 0. The van der Waals surface area contributed by atoms with Gasteiger partial charge in [0.2, 0.25) is 0 Å². The van der Waals surface area contributed by atoms with Crippen molar-refractivity contribution in [2.75, 3.05) is 5.32 Å². The summed E-state index contributed by atoms with van der Waals surface area (Å²) in [6.45, 7) is 2.26. The van der Waals surface area contributed by atoms with Crippen LogP contribution in [-0.4, -0.2) is 0 Å². The minimum Gasteiger partial charge on any atom is -0.355 e. The highest BCUT2D eigenvalue weighted by molar-refractivity contribution is 5.96. The number of nitrogens with one attached hydrogen (secondary N) is 1. The first-order valence-corrected chi connectivity index (χ1v) is 17.3. The average Bonchev–Trinajstić information content (AvgIpc) is 3.19. The van der Waals surface area contributed by atoms with Crippen LogP contribution in [0.2, 0.25) is 0 Å². The Labute approximate surface area is 294 Å². The molecule has 0 unspecified atom stereocenters. The lowest BCUT2D eigenvalue weighted by atomic mass is 9.85. The van der Waals surface area contributed by atoms with E-state index in [1.54, 1.807) is 0 Å². The highest BCUT2D eigenvalue weighted by atomic mass is 14.9. The first-order chi connectivity index (χ1) is 24.7. The number of hydrogen-bond donors (Lipinski definition) is 1. The summed E-state index contributed by atoms with van der Waals surface area (Å²) in [7, 11) is 0. The third-order valence-corrected chi connectivity index (χ3v) is 9.98. The molecule has 0 atom stereocenters. The Morgan fingerprint density at radius 3 is 1.04 bits per heavy atom. The fourth-order valence-electron chi connectivity index (χ4n) is 7.38. The molecule has 1 heteroatoms. The van der Waals surface area contributed by atoms with Crippen LogP contribution in [0.25, 0.3) is 77.9 Å². The molecule has 236 valence electrons. The van der Waals surface area contributed by atoms with Crippen molar-refractivity contribution in [2.24, 2.45) is 0 Å². The van der Waals surface area contributed by atoms with Crippen molar-refractivity contribution in [3.8, 4) is 77.9 Å². The monoisotopic (exact) mass is 637 g/mol. The minimum absolute atomic E-state index is 1.13. The van der Waals surface area contributed by atoms with Crippen LogP contribution in [0.15, 0.2) is 188 Å². The molecule has 8 aromatic carbocycles. The molecule has 1 aliphatic heterocycles. The van der Waals surface area contributed by atoms with Crippen molar-refractivity contribution in [1.29, 1.82) is 0 Å².